The summed E-state index contributed by atoms with van der Waals surface area (Å²) < 4.78 is 27.0. The highest BCUT2D eigenvalue weighted by Gasteiger charge is 2.02. The Morgan fingerprint density at radius 3 is 1.20 bits per heavy atom. The molecule has 0 aromatic heterocycles. The molecular weight excluding hydrogens is 444 g/mol. The number of hydrogen-bond acceptors (Lipinski definition) is 6. The number of carbonyl (C=O) groups excluding carboxylic acids is 1. The Balaban J connectivity index is 3.14. The number of ether oxygens (including phenoxy) is 5. The summed E-state index contributed by atoms with van der Waals surface area (Å²) >= 11 is 0. The summed E-state index contributed by atoms with van der Waals surface area (Å²) in [5.41, 5.74) is 0. The lowest BCUT2D eigenvalue weighted by atomic mass is 10.0. The van der Waals surface area contributed by atoms with Crippen LogP contribution < -0.4 is 0 Å². The molecule has 0 radical (unpaired) electrons. The van der Waals surface area contributed by atoms with Crippen LogP contribution in [-0.2, 0) is 28.5 Å². The zero-order valence-electron chi connectivity index (χ0n) is 23.3. The molecule has 0 amide bonds. The number of carbonyl (C=O) groups is 1. The van der Waals surface area contributed by atoms with Crippen LogP contribution in [0.3, 0.4) is 0 Å². The van der Waals surface area contributed by atoms with Crippen LogP contribution in [0.4, 0.5) is 0 Å². The number of hydrogen-bond donors (Lipinski definition) is 0. The molecule has 6 nitrogen and oxygen atoms in total. The minimum Gasteiger partial charge on any atom is -0.463 e. The molecule has 0 bridgehead atoms. The third kappa shape index (κ3) is 31.3. The average molecular weight is 503 g/mol. The molecule has 0 heterocycles. The fourth-order valence-corrected chi connectivity index (χ4v) is 3.79. The normalized spacial score (nSPS) is 11.3. The molecule has 0 aliphatic carbocycles. The molecule has 0 spiro atoms. The molecule has 0 aliphatic heterocycles. The molecule has 0 saturated carbocycles. The van der Waals surface area contributed by atoms with E-state index in [0.29, 0.717) is 59.3 Å². The molecule has 0 N–H and O–H groups in total. The summed E-state index contributed by atoms with van der Waals surface area (Å²) in [6, 6.07) is 0. The Hall–Kier alpha value is -0.690. The van der Waals surface area contributed by atoms with Crippen molar-refractivity contribution in [3.05, 3.63) is 0 Å². The molecular formula is C29H58O6. The van der Waals surface area contributed by atoms with Crippen molar-refractivity contribution in [1.82, 2.24) is 0 Å². The third-order valence-electron chi connectivity index (χ3n) is 5.98. The summed E-state index contributed by atoms with van der Waals surface area (Å²) in [5, 5.41) is 0. The van der Waals surface area contributed by atoms with Gasteiger partial charge in [-0.3, -0.25) is 4.79 Å². The van der Waals surface area contributed by atoms with Gasteiger partial charge in [0.25, 0.3) is 0 Å². The van der Waals surface area contributed by atoms with E-state index >= 15 is 0 Å². The second-order valence-electron chi connectivity index (χ2n) is 9.37. The van der Waals surface area contributed by atoms with Gasteiger partial charge in [-0.05, 0) is 12.8 Å². The van der Waals surface area contributed by atoms with E-state index in [1.54, 1.807) is 0 Å². The van der Waals surface area contributed by atoms with E-state index in [0.717, 1.165) is 25.9 Å². The molecule has 0 fully saturated rings. The lowest BCUT2D eigenvalue weighted by molar-refractivity contribution is -0.145. The van der Waals surface area contributed by atoms with E-state index < -0.39 is 0 Å². The SMILES string of the molecule is CCCCCCCCCCCCCCCC(=O)OCCOCCOCCOCCOCCCCC. The highest BCUT2D eigenvalue weighted by Crippen LogP contribution is 2.13. The first-order valence-electron chi connectivity index (χ1n) is 14.8. The van der Waals surface area contributed by atoms with E-state index in [1.807, 2.05) is 0 Å². The molecule has 0 rings (SSSR count). The Labute approximate surface area is 217 Å². The van der Waals surface area contributed by atoms with Crippen LogP contribution in [0.1, 0.15) is 123 Å². The van der Waals surface area contributed by atoms with Crippen LogP contribution in [0, 0.1) is 0 Å². The van der Waals surface area contributed by atoms with Gasteiger partial charge in [0.1, 0.15) is 6.61 Å². The van der Waals surface area contributed by atoms with Crippen molar-refractivity contribution in [1.29, 1.82) is 0 Å². The third-order valence-corrected chi connectivity index (χ3v) is 5.98. The van der Waals surface area contributed by atoms with Gasteiger partial charge in [-0.2, -0.15) is 0 Å². The van der Waals surface area contributed by atoms with Gasteiger partial charge in [0.15, 0.2) is 0 Å². The van der Waals surface area contributed by atoms with Gasteiger partial charge < -0.3 is 23.7 Å². The summed E-state index contributed by atoms with van der Waals surface area (Å²) in [4.78, 5) is 11.8. The molecule has 35 heavy (non-hydrogen) atoms. The standard InChI is InChI=1S/C29H58O6/c1-3-5-7-8-9-10-11-12-13-14-15-16-17-19-29(30)35-28-27-34-26-25-33-24-23-32-22-21-31-20-18-6-4-2/h3-28H2,1-2H3. The maximum atomic E-state index is 11.8. The smallest absolute Gasteiger partial charge is 0.305 e. The molecule has 0 saturated heterocycles. The van der Waals surface area contributed by atoms with Gasteiger partial charge in [-0.1, -0.05) is 104 Å². The van der Waals surface area contributed by atoms with Gasteiger partial charge in [0, 0.05) is 13.0 Å². The molecule has 0 aliphatic rings. The second-order valence-corrected chi connectivity index (χ2v) is 9.37. The average Bonchev–Trinajstić information content (AvgIpc) is 2.86. The lowest BCUT2D eigenvalue weighted by Gasteiger charge is -2.08. The predicted molar refractivity (Wildman–Crippen MR) is 144 cm³/mol. The van der Waals surface area contributed by atoms with Gasteiger partial charge in [0.05, 0.1) is 46.2 Å². The molecule has 0 unspecified atom stereocenters. The van der Waals surface area contributed by atoms with Gasteiger partial charge in [-0.25, -0.2) is 0 Å². The number of esters is 1. The monoisotopic (exact) mass is 502 g/mol. The molecule has 6 heteroatoms. The van der Waals surface area contributed by atoms with Crippen LogP contribution >= 0.6 is 0 Å². The fourth-order valence-electron chi connectivity index (χ4n) is 3.79. The first kappa shape index (κ1) is 34.3. The van der Waals surface area contributed by atoms with Crippen LogP contribution in [0.5, 0.6) is 0 Å². The first-order valence-corrected chi connectivity index (χ1v) is 14.8. The van der Waals surface area contributed by atoms with Gasteiger partial charge in [-0.15, -0.1) is 0 Å². The Morgan fingerprint density at radius 1 is 0.400 bits per heavy atom. The van der Waals surface area contributed by atoms with E-state index in [2.05, 4.69) is 13.8 Å². The second kappa shape index (κ2) is 31.3. The minimum atomic E-state index is -0.112. The zero-order chi connectivity index (χ0) is 25.5. The number of unbranched alkanes of at least 4 members (excludes halogenated alkanes) is 14. The molecule has 0 aromatic rings. The maximum absolute atomic E-state index is 11.8. The topological polar surface area (TPSA) is 63.2 Å². The minimum absolute atomic E-state index is 0.112. The molecule has 0 aromatic carbocycles. The van der Waals surface area contributed by atoms with E-state index in [9.17, 15) is 4.79 Å². The van der Waals surface area contributed by atoms with Crippen LogP contribution in [0.25, 0.3) is 0 Å². The van der Waals surface area contributed by atoms with Gasteiger partial charge >= 0.3 is 5.97 Å². The van der Waals surface area contributed by atoms with Crippen molar-refractivity contribution >= 4 is 5.97 Å². The molecule has 210 valence electrons. The summed E-state index contributed by atoms with van der Waals surface area (Å²) in [6.07, 6.45) is 21.1. The fraction of sp³-hybridized carbons (Fsp3) is 0.966. The molecule has 0 atom stereocenters. The van der Waals surface area contributed by atoms with Crippen molar-refractivity contribution in [3.8, 4) is 0 Å². The lowest BCUT2D eigenvalue weighted by Crippen LogP contribution is -2.14. The van der Waals surface area contributed by atoms with Crippen molar-refractivity contribution in [2.75, 3.05) is 59.5 Å². The Bertz CT molecular complexity index is 405. The van der Waals surface area contributed by atoms with E-state index in [1.165, 1.54) is 83.5 Å². The van der Waals surface area contributed by atoms with Crippen molar-refractivity contribution < 1.29 is 28.5 Å². The predicted octanol–water partition coefficient (Wildman–Crippen LogP) is 7.27. The number of rotatable bonds is 30. The first-order chi connectivity index (χ1) is 17.3. The largest absolute Gasteiger partial charge is 0.463 e. The highest BCUT2D eigenvalue weighted by atomic mass is 16.6. The van der Waals surface area contributed by atoms with Crippen LogP contribution in [-0.4, -0.2) is 65.4 Å². The Morgan fingerprint density at radius 2 is 0.743 bits per heavy atom. The van der Waals surface area contributed by atoms with Crippen LogP contribution in [0.15, 0.2) is 0 Å². The highest BCUT2D eigenvalue weighted by molar-refractivity contribution is 5.69. The van der Waals surface area contributed by atoms with Crippen LogP contribution in [0.2, 0.25) is 0 Å². The van der Waals surface area contributed by atoms with E-state index in [-0.39, 0.29) is 5.97 Å². The maximum Gasteiger partial charge on any atom is 0.305 e. The zero-order valence-corrected chi connectivity index (χ0v) is 23.3. The van der Waals surface area contributed by atoms with Crippen molar-refractivity contribution in [2.45, 2.75) is 123 Å². The summed E-state index contributed by atoms with van der Waals surface area (Å²) in [7, 11) is 0. The van der Waals surface area contributed by atoms with Gasteiger partial charge in [0.2, 0.25) is 0 Å². The summed E-state index contributed by atoms with van der Waals surface area (Å²) in [5.74, 6) is -0.112. The van der Waals surface area contributed by atoms with E-state index in [4.69, 9.17) is 23.7 Å². The summed E-state index contributed by atoms with van der Waals surface area (Å²) in [6.45, 7) is 9.39. The van der Waals surface area contributed by atoms with Crippen molar-refractivity contribution in [2.24, 2.45) is 0 Å². The van der Waals surface area contributed by atoms with Crippen molar-refractivity contribution in [3.63, 3.8) is 0 Å². The Kier molecular flexibility index (Phi) is 30.7. The quantitative estimate of drug-likeness (QED) is 0.0760.